The first-order chi connectivity index (χ1) is 11.0. The van der Waals surface area contributed by atoms with Crippen LogP contribution in [0.5, 0.6) is 0 Å². The average molecular weight is 335 g/mol. The van der Waals surface area contributed by atoms with E-state index in [0.29, 0.717) is 23.1 Å². The fourth-order valence-electron chi connectivity index (χ4n) is 4.62. The number of halogens is 1. The lowest BCUT2D eigenvalue weighted by Crippen LogP contribution is -2.68. The molecule has 0 bridgehead atoms. The standard InChI is InChI=1S/C18H23ClN2O2/c1-18(2)15(11-8-10-23-16(11)18)20-13-7-9-21(17(13)22)14-6-4-3-5-12(14)19/h3-6,11,13,15-16,20H,7-10H2,1-2H3/t11-,13+,15+,16-/m0/s1. The molecule has 0 radical (unpaired) electrons. The second kappa shape index (κ2) is 5.47. The largest absolute Gasteiger partial charge is 0.377 e. The molecule has 3 aliphatic rings. The summed E-state index contributed by atoms with van der Waals surface area (Å²) >= 11 is 6.25. The predicted octanol–water partition coefficient (Wildman–Crippen LogP) is 2.85. The molecule has 3 fully saturated rings. The molecule has 4 atom stereocenters. The minimum Gasteiger partial charge on any atom is -0.377 e. The van der Waals surface area contributed by atoms with Crippen LogP contribution >= 0.6 is 11.6 Å². The van der Waals surface area contributed by atoms with Crippen molar-refractivity contribution in [1.29, 1.82) is 0 Å². The number of ether oxygens (including phenoxy) is 1. The normalized spacial score (nSPS) is 35.3. The number of nitrogens with one attached hydrogen (secondary N) is 1. The number of carbonyl (C=O) groups excluding carboxylic acids is 1. The molecule has 5 heteroatoms. The molecule has 1 aromatic rings. The van der Waals surface area contributed by atoms with Gasteiger partial charge in [0.05, 0.1) is 22.9 Å². The highest BCUT2D eigenvalue weighted by atomic mass is 35.5. The Bertz CT molecular complexity index is 633. The lowest BCUT2D eigenvalue weighted by Gasteiger charge is -2.55. The molecule has 2 aliphatic heterocycles. The Hall–Kier alpha value is -1.10. The Morgan fingerprint density at radius 1 is 1.30 bits per heavy atom. The highest BCUT2D eigenvalue weighted by Crippen LogP contribution is 2.52. The molecule has 0 spiro atoms. The Balaban J connectivity index is 1.48. The quantitative estimate of drug-likeness (QED) is 0.924. The molecule has 0 aromatic heterocycles. The van der Waals surface area contributed by atoms with Gasteiger partial charge in [0.2, 0.25) is 5.91 Å². The summed E-state index contributed by atoms with van der Waals surface area (Å²) in [4.78, 5) is 14.6. The number of benzene rings is 1. The van der Waals surface area contributed by atoms with Gasteiger partial charge in [0.25, 0.3) is 0 Å². The van der Waals surface area contributed by atoms with Crippen LogP contribution in [0.4, 0.5) is 5.69 Å². The number of para-hydroxylation sites is 1. The van der Waals surface area contributed by atoms with Gasteiger partial charge in [0, 0.05) is 30.5 Å². The molecule has 124 valence electrons. The van der Waals surface area contributed by atoms with E-state index < -0.39 is 0 Å². The van der Waals surface area contributed by atoms with E-state index in [4.69, 9.17) is 16.3 Å². The van der Waals surface area contributed by atoms with Crippen molar-refractivity contribution in [3.63, 3.8) is 0 Å². The Labute approximate surface area is 142 Å². The molecule has 23 heavy (non-hydrogen) atoms. The summed E-state index contributed by atoms with van der Waals surface area (Å²) in [5.41, 5.74) is 0.914. The van der Waals surface area contributed by atoms with E-state index >= 15 is 0 Å². The van der Waals surface area contributed by atoms with Gasteiger partial charge in [-0.1, -0.05) is 37.6 Å². The monoisotopic (exact) mass is 334 g/mol. The van der Waals surface area contributed by atoms with Gasteiger partial charge >= 0.3 is 0 Å². The number of rotatable bonds is 3. The van der Waals surface area contributed by atoms with Crippen molar-refractivity contribution in [3.8, 4) is 0 Å². The Morgan fingerprint density at radius 3 is 2.87 bits per heavy atom. The van der Waals surface area contributed by atoms with Gasteiger partial charge in [0.15, 0.2) is 0 Å². The first-order valence-corrected chi connectivity index (χ1v) is 8.81. The summed E-state index contributed by atoms with van der Waals surface area (Å²) in [7, 11) is 0. The maximum absolute atomic E-state index is 12.8. The molecule has 1 amide bonds. The summed E-state index contributed by atoms with van der Waals surface area (Å²) in [5, 5.41) is 4.27. The maximum atomic E-state index is 12.8. The second-order valence-electron chi connectivity index (χ2n) is 7.49. The molecule has 2 heterocycles. The van der Waals surface area contributed by atoms with Crippen LogP contribution < -0.4 is 10.2 Å². The minimum atomic E-state index is -0.114. The van der Waals surface area contributed by atoms with Crippen LogP contribution in [0.3, 0.4) is 0 Å². The molecular weight excluding hydrogens is 312 g/mol. The lowest BCUT2D eigenvalue weighted by molar-refractivity contribution is -0.127. The third kappa shape index (κ3) is 2.31. The van der Waals surface area contributed by atoms with E-state index in [1.54, 1.807) is 0 Å². The van der Waals surface area contributed by atoms with Crippen molar-refractivity contribution in [2.75, 3.05) is 18.1 Å². The third-order valence-electron chi connectivity index (χ3n) is 5.83. The number of carbonyl (C=O) groups is 1. The zero-order valence-corrected chi connectivity index (χ0v) is 14.3. The van der Waals surface area contributed by atoms with Crippen molar-refractivity contribution in [1.82, 2.24) is 5.32 Å². The third-order valence-corrected chi connectivity index (χ3v) is 6.15. The maximum Gasteiger partial charge on any atom is 0.244 e. The van der Waals surface area contributed by atoms with Crippen molar-refractivity contribution in [2.24, 2.45) is 11.3 Å². The van der Waals surface area contributed by atoms with Gasteiger partial charge in [0.1, 0.15) is 0 Å². The van der Waals surface area contributed by atoms with E-state index in [1.807, 2.05) is 29.2 Å². The number of nitrogens with zero attached hydrogens (tertiary/aromatic N) is 1. The van der Waals surface area contributed by atoms with E-state index in [0.717, 1.165) is 31.7 Å². The topological polar surface area (TPSA) is 41.6 Å². The van der Waals surface area contributed by atoms with Gasteiger partial charge in [-0.3, -0.25) is 4.79 Å². The first kappa shape index (κ1) is 15.4. The lowest BCUT2D eigenvalue weighted by atomic mass is 9.57. The fraction of sp³-hybridized carbons (Fsp3) is 0.611. The molecule has 0 unspecified atom stereocenters. The first-order valence-electron chi connectivity index (χ1n) is 8.43. The van der Waals surface area contributed by atoms with Crippen LogP contribution in [0.25, 0.3) is 0 Å². The Kier molecular flexibility index (Phi) is 3.67. The smallest absolute Gasteiger partial charge is 0.244 e. The fourth-order valence-corrected chi connectivity index (χ4v) is 4.86. The zero-order valence-electron chi connectivity index (χ0n) is 13.6. The van der Waals surface area contributed by atoms with Gasteiger partial charge in [-0.25, -0.2) is 0 Å². The van der Waals surface area contributed by atoms with Crippen molar-refractivity contribution >= 4 is 23.2 Å². The van der Waals surface area contributed by atoms with Crippen LogP contribution in [-0.2, 0) is 9.53 Å². The second-order valence-corrected chi connectivity index (χ2v) is 7.90. The molecule has 1 N–H and O–H groups in total. The van der Waals surface area contributed by atoms with Crippen LogP contribution in [0.2, 0.25) is 5.02 Å². The average Bonchev–Trinajstić information content (AvgIpc) is 3.11. The highest BCUT2D eigenvalue weighted by molar-refractivity contribution is 6.33. The minimum absolute atomic E-state index is 0.0965. The van der Waals surface area contributed by atoms with Gasteiger partial charge in [-0.15, -0.1) is 0 Å². The highest BCUT2D eigenvalue weighted by Gasteiger charge is 2.60. The summed E-state index contributed by atoms with van der Waals surface area (Å²) < 4.78 is 5.84. The SMILES string of the molecule is CC1(C)[C@H](N[C@@H]2CCN(c3ccccc3Cl)C2=O)[C@@H]2CCO[C@@H]21. The zero-order chi connectivity index (χ0) is 16.2. The number of amides is 1. The van der Waals surface area contributed by atoms with Crippen LogP contribution in [-0.4, -0.2) is 37.2 Å². The number of hydrogen-bond acceptors (Lipinski definition) is 3. The Morgan fingerprint density at radius 2 is 2.09 bits per heavy atom. The predicted molar refractivity (Wildman–Crippen MR) is 90.8 cm³/mol. The summed E-state index contributed by atoms with van der Waals surface area (Å²) in [6.45, 7) is 6.05. The van der Waals surface area contributed by atoms with Crippen molar-refractivity contribution in [3.05, 3.63) is 29.3 Å². The summed E-state index contributed by atoms with van der Waals surface area (Å²) in [6, 6.07) is 7.80. The van der Waals surface area contributed by atoms with Crippen LogP contribution in [0.1, 0.15) is 26.7 Å². The molecule has 1 aliphatic carbocycles. The molecule has 4 rings (SSSR count). The van der Waals surface area contributed by atoms with Crippen LogP contribution in [0, 0.1) is 11.3 Å². The van der Waals surface area contributed by atoms with E-state index in [-0.39, 0.29) is 17.4 Å². The molecule has 4 nitrogen and oxygen atoms in total. The molecule has 2 saturated heterocycles. The molecular formula is C18H23ClN2O2. The summed E-state index contributed by atoms with van der Waals surface area (Å²) in [5.74, 6) is 0.684. The van der Waals surface area contributed by atoms with Crippen molar-refractivity contribution < 1.29 is 9.53 Å². The number of anilines is 1. The molecule has 1 saturated carbocycles. The van der Waals surface area contributed by atoms with Gasteiger partial charge in [-0.05, 0) is 25.0 Å². The van der Waals surface area contributed by atoms with Gasteiger partial charge in [-0.2, -0.15) is 0 Å². The van der Waals surface area contributed by atoms with E-state index in [1.165, 1.54) is 0 Å². The molecule has 1 aromatic carbocycles. The van der Waals surface area contributed by atoms with Gasteiger partial charge < -0.3 is 15.0 Å². The van der Waals surface area contributed by atoms with E-state index in [9.17, 15) is 4.79 Å². The van der Waals surface area contributed by atoms with E-state index in [2.05, 4.69) is 19.2 Å². The number of fused-ring (bicyclic) bond motifs is 1. The number of hydrogen-bond donors (Lipinski definition) is 1. The summed E-state index contributed by atoms with van der Waals surface area (Å²) in [6.07, 6.45) is 2.27. The van der Waals surface area contributed by atoms with Crippen LogP contribution in [0.15, 0.2) is 24.3 Å². The van der Waals surface area contributed by atoms with Crippen molar-refractivity contribution in [2.45, 2.75) is 44.9 Å².